The molecule has 1 aliphatic heterocycles. The smallest absolute Gasteiger partial charge is 0.278 e. The highest BCUT2D eigenvalue weighted by Gasteiger charge is 2.19. The highest BCUT2D eigenvalue weighted by Crippen LogP contribution is 2.28. The molecule has 35 heavy (non-hydrogen) atoms. The van der Waals surface area contributed by atoms with Crippen LogP contribution in [0, 0.1) is 0 Å². The topological polar surface area (TPSA) is 79.2 Å². The second-order valence-electron chi connectivity index (χ2n) is 8.85. The van der Waals surface area contributed by atoms with E-state index >= 15 is 0 Å². The number of aromatic nitrogens is 4. The zero-order valence-corrected chi connectivity index (χ0v) is 20.8. The number of allylic oxidation sites excluding steroid dienone is 1. The van der Waals surface area contributed by atoms with Crippen LogP contribution < -0.4 is 15.8 Å². The summed E-state index contributed by atoms with van der Waals surface area (Å²) in [5, 5.41) is 10.3. The van der Waals surface area contributed by atoms with E-state index in [9.17, 15) is 4.79 Å². The normalized spacial score (nSPS) is 14.5. The summed E-state index contributed by atoms with van der Waals surface area (Å²) in [5.41, 5.74) is 3.08. The van der Waals surface area contributed by atoms with Crippen LogP contribution in [0.2, 0.25) is 0 Å². The maximum absolute atomic E-state index is 12.9. The van der Waals surface area contributed by atoms with Crippen LogP contribution in [-0.4, -0.2) is 56.9 Å². The third kappa shape index (κ3) is 4.82. The molecule has 8 nitrogen and oxygen atoms in total. The number of hydrogen-bond acceptors (Lipinski definition) is 8. The average Bonchev–Trinajstić information content (AvgIpc) is 3.41. The largest absolute Gasteiger partial charge is 0.369 e. The van der Waals surface area contributed by atoms with Crippen LogP contribution in [-0.2, 0) is 6.54 Å². The number of rotatable bonds is 7. The molecule has 0 unspecified atom stereocenters. The standard InChI is InChI=1S/C26H29N7OS/c1-4-11-33-25(34)21-17-27-26(29-23(21)24(30-33)22-6-5-16-35-22)28-19-7-9-20(10-8-19)32-14-12-31(13-15-32)18(2)3/h4-10,16-18H,1,11-15H2,2-3H3,(H,27,28,29). The highest BCUT2D eigenvalue weighted by molar-refractivity contribution is 7.13. The van der Waals surface area contributed by atoms with Crippen molar-refractivity contribution >= 4 is 39.6 Å². The van der Waals surface area contributed by atoms with E-state index in [4.69, 9.17) is 4.98 Å². The van der Waals surface area contributed by atoms with Crippen molar-refractivity contribution in [2.45, 2.75) is 26.4 Å². The van der Waals surface area contributed by atoms with Crippen molar-refractivity contribution in [3.05, 3.63) is 71.0 Å². The number of nitrogens with one attached hydrogen (secondary N) is 1. The van der Waals surface area contributed by atoms with E-state index in [0.29, 0.717) is 35.1 Å². The van der Waals surface area contributed by atoms with E-state index in [1.54, 1.807) is 23.6 Å². The molecule has 0 atom stereocenters. The van der Waals surface area contributed by atoms with E-state index in [-0.39, 0.29) is 5.56 Å². The third-order valence-corrected chi connectivity index (χ3v) is 7.16. The monoisotopic (exact) mass is 487 g/mol. The lowest BCUT2D eigenvalue weighted by molar-refractivity contribution is 0.209. The number of hydrogen-bond donors (Lipinski definition) is 1. The van der Waals surface area contributed by atoms with Crippen LogP contribution in [0.25, 0.3) is 21.5 Å². The summed E-state index contributed by atoms with van der Waals surface area (Å²) >= 11 is 1.56. The van der Waals surface area contributed by atoms with Gasteiger partial charge in [0.2, 0.25) is 5.95 Å². The molecule has 1 aromatic carbocycles. The third-order valence-electron chi connectivity index (χ3n) is 6.29. The molecular formula is C26H29N7OS. The van der Waals surface area contributed by atoms with Crippen LogP contribution in [0.4, 0.5) is 17.3 Å². The zero-order chi connectivity index (χ0) is 24.4. The van der Waals surface area contributed by atoms with Crippen molar-refractivity contribution < 1.29 is 0 Å². The Hall–Kier alpha value is -3.56. The van der Waals surface area contributed by atoms with Gasteiger partial charge in [-0.2, -0.15) is 5.10 Å². The van der Waals surface area contributed by atoms with E-state index in [1.165, 1.54) is 10.4 Å². The molecule has 1 N–H and O–H groups in total. The SMILES string of the molecule is C=CCn1nc(-c2cccs2)c2nc(Nc3ccc(N4CCN(C(C)C)CC4)cc3)ncc2c1=O. The molecule has 4 aromatic rings. The Morgan fingerprint density at radius 1 is 1.14 bits per heavy atom. The molecule has 3 aromatic heterocycles. The van der Waals surface area contributed by atoms with Crippen LogP contribution in [0.5, 0.6) is 0 Å². The van der Waals surface area contributed by atoms with Gasteiger partial charge in [0.15, 0.2) is 0 Å². The maximum atomic E-state index is 12.9. The van der Waals surface area contributed by atoms with E-state index < -0.39 is 0 Å². The van der Waals surface area contributed by atoms with Crippen LogP contribution in [0.1, 0.15) is 13.8 Å². The van der Waals surface area contributed by atoms with Gasteiger partial charge in [-0.3, -0.25) is 9.69 Å². The van der Waals surface area contributed by atoms with Crippen molar-refractivity contribution in [3.63, 3.8) is 0 Å². The Kier molecular flexibility index (Phi) is 6.61. The molecule has 0 spiro atoms. The average molecular weight is 488 g/mol. The Morgan fingerprint density at radius 2 is 1.91 bits per heavy atom. The lowest BCUT2D eigenvalue weighted by Crippen LogP contribution is -2.48. The molecule has 5 rings (SSSR count). The van der Waals surface area contributed by atoms with Crippen LogP contribution in [0.3, 0.4) is 0 Å². The number of fused-ring (bicyclic) bond motifs is 1. The summed E-state index contributed by atoms with van der Waals surface area (Å²) in [6, 6.07) is 12.9. The molecule has 0 saturated carbocycles. The summed E-state index contributed by atoms with van der Waals surface area (Å²) in [7, 11) is 0. The molecule has 0 bridgehead atoms. The molecule has 1 saturated heterocycles. The van der Waals surface area contributed by atoms with Gasteiger partial charge in [-0.05, 0) is 49.6 Å². The van der Waals surface area contributed by atoms with Crippen molar-refractivity contribution in [3.8, 4) is 10.6 Å². The van der Waals surface area contributed by atoms with Crippen LogP contribution >= 0.6 is 11.3 Å². The molecule has 0 aliphatic carbocycles. The summed E-state index contributed by atoms with van der Waals surface area (Å²) < 4.78 is 1.40. The number of piperazine rings is 1. The van der Waals surface area contributed by atoms with Gasteiger partial charge in [0, 0.05) is 49.8 Å². The first-order chi connectivity index (χ1) is 17.0. The number of benzene rings is 1. The number of thiophene rings is 1. The first-order valence-corrected chi connectivity index (χ1v) is 12.7. The van der Waals surface area contributed by atoms with Crippen LogP contribution in [0.15, 0.2) is 65.4 Å². The fourth-order valence-electron chi connectivity index (χ4n) is 4.34. The van der Waals surface area contributed by atoms with Crippen molar-refractivity contribution in [2.75, 3.05) is 36.4 Å². The molecule has 0 radical (unpaired) electrons. The molecule has 0 amide bonds. The van der Waals surface area contributed by atoms with Gasteiger partial charge >= 0.3 is 0 Å². The van der Waals surface area contributed by atoms with Gasteiger partial charge in [-0.1, -0.05) is 12.1 Å². The summed E-state index contributed by atoms with van der Waals surface area (Å²) in [6.07, 6.45) is 3.23. The summed E-state index contributed by atoms with van der Waals surface area (Å²) in [6.45, 7) is 12.8. The van der Waals surface area contributed by atoms with Gasteiger partial charge in [0.1, 0.15) is 11.2 Å². The maximum Gasteiger partial charge on any atom is 0.278 e. The Bertz CT molecular complexity index is 1370. The van der Waals surface area contributed by atoms with Gasteiger partial charge in [-0.25, -0.2) is 14.6 Å². The van der Waals surface area contributed by atoms with E-state index in [1.807, 2.05) is 29.6 Å². The lowest BCUT2D eigenvalue weighted by atomic mass is 10.2. The highest BCUT2D eigenvalue weighted by atomic mass is 32.1. The quantitative estimate of drug-likeness (QED) is 0.388. The Morgan fingerprint density at radius 3 is 2.57 bits per heavy atom. The minimum Gasteiger partial charge on any atom is -0.369 e. The van der Waals surface area contributed by atoms with Gasteiger partial charge < -0.3 is 10.2 Å². The van der Waals surface area contributed by atoms with Crippen molar-refractivity contribution in [2.24, 2.45) is 0 Å². The zero-order valence-electron chi connectivity index (χ0n) is 20.0. The summed E-state index contributed by atoms with van der Waals surface area (Å²) in [5.74, 6) is 0.427. The second-order valence-corrected chi connectivity index (χ2v) is 9.79. The minimum absolute atomic E-state index is 0.228. The molecule has 9 heteroatoms. The van der Waals surface area contributed by atoms with Gasteiger partial charge in [0.05, 0.1) is 16.8 Å². The molecule has 180 valence electrons. The number of anilines is 3. The Balaban J connectivity index is 1.40. The van der Waals surface area contributed by atoms with Crippen molar-refractivity contribution in [1.82, 2.24) is 24.6 Å². The fraction of sp³-hybridized carbons (Fsp3) is 0.308. The van der Waals surface area contributed by atoms with Crippen molar-refractivity contribution in [1.29, 1.82) is 0 Å². The molecule has 1 fully saturated rings. The first kappa shape index (κ1) is 23.2. The molecular weight excluding hydrogens is 458 g/mol. The van der Waals surface area contributed by atoms with Gasteiger partial charge in [-0.15, -0.1) is 17.9 Å². The lowest BCUT2D eigenvalue weighted by Gasteiger charge is -2.38. The second kappa shape index (κ2) is 9.97. The van der Waals surface area contributed by atoms with E-state index in [0.717, 1.165) is 36.7 Å². The first-order valence-electron chi connectivity index (χ1n) is 11.8. The fourth-order valence-corrected chi connectivity index (χ4v) is 5.05. The predicted molar refractivity (Wildman–Crippen MR) is 144 cm³/mol. The molecule has 1 aliphatic rings. The van der Waals surface area contributed by atoms with E-state index in [2.05, 4.69) is 57.8 Å². The number of nitrogens with zero attached hydrogens (tertiary/aromatic N) is 6. The Labute approximate surface area is 208 Å². The minimum atomic E-state index is -0.228. The van der Waals surface area contributed by atoms with Gasteiger partial charge in [0.25, 0.3) is 5.56 Å². The predicted octanol–water partition coefficient (Wildman–Crippen LogP) is 4.38. The summed E-state index contributed by atoms with van der Waals surface area (Å²) in [4.78, 5) is 27.9. The molecule has 4 heterocycles.